The first-order chi connectivity index (χ1) is 10.3. The number of aromatic nitrogens is 5. The molecule has 2 atom stereocenters. The summed E-state index contributed by atoms with van der Waals surface area (Å²) in [4.78, 5) is 19.5. The van der Waals surface area contributed by atoms with Gasteiger partial charge in [-0.1, -0.05) is 12.8 Å². The fraction of sp³-hybridized carbons (Fsp3) is 0.571. The van der Waals surface area contributed by atoms with Crippen molar-refractivity contribution in [3.05, 3.63) is 24.0 Å². The number of fused-ring (bicyclic) bond motifs is 1. The van der Waals surface area contributed by atoms with E-state index in [4.69, 9.17) is 11.6 Å². The first-order valence-corrected chi connectivity index (χ1v) is 7.85. The van der Waals surface area contributed by atoms with Crippen LogP contribution in [0.5, 0.6) is 0 Å². The van der Waals surface area contributed by atoms with Crippen LogP contribution in [-0.4, -0.2) is 37.1 Å². The van der Waals surface area contributed by atoms with Crippen molar-refractivity contribution in [1.82, 2.24) is 24.5 Å². The highest BCUT2D eigenvalue weighted by atomic mass is 35.5. The van der Waals surface area contributed by atoms with Crippen molar-refractivity contribution in [2.75, 3.05) is 11.4 Å². The minimum absolute atomic E-state index is 0.239. The summed E-state index contributed by atoms with van der Waals surface area (Å²) in [6.45, 7) is 1.01. The highest BCUT2D eigenvalue weighted by Crippen LogP contribution is 2.37. The second-order valence-corrected chi connectivity index (χ2v) is 6.11. The van der Waals surface area contributed by atoms with Crippen LogP contribution in [0.1, 0.15) is 32.1 Å². The van der Waals surface area contributed by atoms with Crippen molar-refractivity contribution in [3.63, 3.8) is 0 Å². The van der Waals surface area contributed by atoms with E-state index in [0.29, 0.717) is 17.9 Å². The highest BCUT2D eigenvalue weighted by molar-refractivity contribution is 6.28. The lowest BCUT2D eigenvalue weighted by Gasteiger charge is -2.31. The van der Waals surface area contributed by atoms with E-state index in [-0.39, 0.29) is 5.28 Å². The van der Waals surface area contributed by atoms with E-state index in [0.717, 1.165) is 12.5 Å². The maximum absolute atomic E-state index is 6.10. The van der Waals surface area contributed by atoms with Gasteiger partial charge in [0.15, 0.2) is 0 Å². The molecule has 0 aromatic carbocycles. The number of hydrogen-bond acceptors (Lipinski definition) is 5. The molecule has 1 saturated heterocycles. The zero-order valence-corrected chi connectivity index (χ0v) is 12.4. The van der Waals surface area contributed by atoms with Crippen molar-refractivity contribution in [3.8, 4) is 5.95 Å². The zero-order valence-electron chi connectivity index (χ0n) is 11.7. The first-order valence-electron chi connectivity index (χ1n) is 7.48. The number of halogens is 1. The van der Waals surface area contributed by atoms with Gasteiger partial charge >= 0.3 is 0 Å². The molecule has 110 valence electrons. The van der Waals surface area contributed by atoms with Crippen molar-refractivity contribution in [2.24, 2.45) is 5.92 Å². The van der Waals surface area contributed by atoms with Crippen LogP contribution in [0.3, 0.4) is 0 Å². The predicted molar refractivity (Wildman–Crippen MR) is 79.7 cm³/mol. The van der Waals surface area contributed by atoms with Gasteiger partial charge in [-0.3, -0.25) is 4.57 Å². The van der Waals surface area contributed by atoms with Gasteiger partial charge in [0.25, 0.3) is 0 Å². The van der Waals surface area contributed by atoms with Gasteiger partial charge in [-0.25, -0.2) is 4.98 Å². The summed E-state index contributed by atoms with van der Waals surface area (Å²) in [7, 11) is 0. The van der Waals surface area contributed by atoms with E-state index in [9.17, 15) is 0 Å². The fourth-order valence-corrected chi connectivity index (χ4v) is 3.76. The zero-order chi connectivity index (χ0) is 14.2. The third-order valence-electron chi connectivity index (χ3n) is 4.59. The van der Waals surface area contributed by atoms with Crippen molar-refractivity contribution in [2.45, 2.75) is 38.1 Å². The van der Waals surface area contributed by atoms with E-state index in [1.54, 1.807) is 17.1 Å². The molecule has 2 fully saturated rings. The number of anilines is 1. The molecule has 2 unspecified atom stereocenters. The Labute approximate surface area is 128 Å². The van der Waals surface area contributed by atoms with Crippen LogP contribution in [-0.2, 0) is 0 Å². The summed E-state index contributed by atoms with van der Waals surface area (Å²) in [5.74, 6) is 2.01. The van der Waals surface area contributed by atoms with E-state index >= 15 is 0 Å². The van der Waals surface area contributed by atoms with Crippen LogP contribution in [0, 0.1) is 5.92 Å². The third kappa shape index (κ3) is 2.37. The molecule has 1 aliphatic heterocycles. The second-order valence-electron chi connectivity index (χ2n) is 5.77. The predicted octanol–water partition coefficient (Wildman–Crippen LogP) is 2.48. The summed E-state index contributed by atoms with van der Waals surface area (Å²) in [6.07, 6.45) is 11.6. The Bertz CT molecular complexity index is 628. The standard InChI is InChI=1S/C14H17ClN6/c15-12-17-13(20-8-6-16-9-20)19-14(18-12)21-7-5-10-3-1-2-4-11(10)21/h6,8-11H,1-5,7H2. The summed E-state index contributed by atoms with van der Waals surface area (Å²) in [5, 5.41) is 0.239. The number of rotatable bonds is 2. The fourth-order valence-electron chi connectivity index (χ4n) is 3.60. The Morgan fingerprint density at radius 1 is 1.05 bits per heavy atom. The summed E-state index contributed by atoms with van der Waals surface area (Å²) in [5.41, 5.74) is 0. The molecule has 2 aromatic rings. The quantitative estimate of drug-likeness (QED) is 0.853. The Morgan fingerprint density at radius 3 is 2.76 bits per heavy atom. The van der Waals surface area contributed by atoms with Crippen LogP contribution in [0.4, 0.5) is 5.95 Å². The van der Waals surface area contributed by atoms with Crippen molar-refractivity contribution >= 4 is 17.5 Å². The molecule has 0 spiro atoms. The Morgan fingerprint density at radius 2 is 1.90 bits per heavy atom. The molecular formula is C14H17ClN6. The lowest BCUT2D eigenvalue weighted by atomic mass is 9.85. The largest absolute Gasteiger partial charge is 0.337 e. The molecule has 1 saturated carbocycles. The molecule has 2 aliphatic rings. The minimum Gasteiger partial charge on any atom is -0.337 e. The third-order valence-corrected chi connectivity index (χ3v) is 4.76. The molecule has 4 rings (SSSR count). The van der Waals surface area contributed by atoms with E-state index in [1.165, 1.54) is 32.1 Å². The van der Waals surface area contributed by atoms with Gasteiger partial charge in [0.2, 0.25) is 17.2 Å². The number of imidazole rings is 1. The van der Waals surface area contributed by atoms with Crippen LogP contribution in [0.15, 0.2) is 18.7 Å². The maximum Gasteiger partial charge on any atom is 0.241 e. The van der Waals surface area contributed by atoms with Gasteiger partial charge < -0.3 is 4.90 Å². The van der Waals surface area contributed by atoms with Gasteiger partial charge in [-0.2, -0.15) is 15.0 Å². The smallest absolute Gasteiger partial charge is 0.241 e. The summed E-state index contributed by atoms with van der Waals surface area (Å²) < 4.78 is 1.76. The highest BCUT2D eigenvalue weighted by Gasteiger charge is 2.37. The first kappa shape index (κ1) is 13.0. The maximum atomic E-state index is 6.10. The Hall–Kier alpha value is -1.69. The van der Waals surface area contributed by atoms with Crippen LogP contribution >= 0.6 is 11.6 Å². The Balaban J connectivity index is 1.69. The van der Waals surface area contributed by atoms with Crippen molar-refractivity contribution < 1.29 is 0 Å². The molecule has 2 aromatic heterocycles. The molecule has 0 radical (unpaired) electrons. The van der Waals surface area contributed by atoms with E-state index in [1.807, 2.05) is 6.20 Å². The average molecular weight is 305 g/mol. The van der Waals surface area contributed by atoms with Gasteiger partial charge in [0.1, 0.15) is 6.33 Å². The molecule has 0 bridgehead atoms. The van der Waals surface area contributed by atoms with Gasteiger partial charge in [0.05, 0.1) is 0 Å². The molecule has 21 heavy (non-hydrogen) atoms. The van der Waals surface area contributed by atoms with Crippen LogP contribution in [0.25, 0.3) is 5.95 Å². The number of nitrogens with zero attached hydrogens (tertiary/aromatic N) is 6. The minimum atomic E-state index is 0.239. The molecule has 3 heterocycles. The molecule has 7 heteroatoms. The molecule has 6 nitrogen and oxygen atoms in total. The monoisotopic (exact) mass is 304 g/mol. The lowest BCUT2D eigenvalue weighted by Crippen LogP contribution is -2.36. The molecule has 0 amide bonds. The van der Waals surface area contributed by atoms with Gasteiger partial charge in [-0.05, 0) is 36.8 Å². The van der Waals surface area contributed by atoms with E-state index in [2.05, 4.69) is 24.8 Å². The molecule has 1 aliphatic carbocycles. The van der Waals surface area contributed by atoms with Crippen molar-refractivity contribution in [1.29, 1.82) is 0 Å². The normalized spacial score (nSPS) is 25.1. The Kier molecular flexibility index (Phi) is 3.25. The van der Waals surface area contributed by atoms with Crippen LogP contribution < -0.4 is 4.90 Å². The van der Waals surface area contributed by atoms with Crippen LogP contribution in [0.2, 0.25) is 5.28 Å². The summed E-state index contributed by atoms with van der Waals surface area (Å²) in [6, 6.07) is 0.563. The van der Waals surface area contributed by atoms with E-state index < -0.39 is 0 Å². The molecular weight excluding hydrogens is 288 g/mol. The SMILES string of the molecule is Clc1nc(N2CCC3CCCCC32)nc(-n2ccnc2)n1. The van der Waals surface area contributed by atoms with Gasteiger partial charge in [-0.15, -0.1) is 0 Å². The number of hydrogen-bond donors (Lipinski definition) is 0. The summed E-state index contributed by atoms with van der Waals surface area (Å²) >= 11 is 6.10. The topological polar surface area (TPSA) is 59.7 Å². The second kappa shape index (κ2) is 5.26. The molecule has 0 N–H and O–H groups in total. The lowest BCUT2D eigenvalue weighted by molar-refractivity contribution is 0.340. The average Bonchev–Trinajstić information content (AvgIpc) is 3.16. The van der Waals surface area contributed by atoms with Gasteiger partial charge in [0, 0.05) is 25.0 Å².